The van der Waals surface area contributed by atoms with Gasteiger partial charge in [-0.25, -0.2) is 4.39 Å². The molecule has 0 aliphatic carbocycles. The number of nitrogens with zero attached hydrogens (tertiary/aromatic N) is 1. The zero-order valence-corrected chi connectivity index (χ0v) is 10.7. The Labute approximate surface area is 119 Å². The molecule has 0 amide bonds. The number of halogens is 1. The first kappa shape index (κ1) is 14.4. The summed E-state index contributed by atoms with van der Waals surface area (Å²) < 4.78 is 13.4. The third-order valence-electron chi connectivity index (χ3n) is 2.78. The van der Waals surface area contributed by atoms with E-state index in [-0.39, 0.29) is 22.6 Å². The molecule has 1 N–H and O–H groups in total. The zero-order chi connectivity index (χ0) is 15.4. The highest BCUT2D eigenvalue weighted by Gasteiger charge is 2.14. The number of hydrogen-bond donors (Lipinski definition) is 1. The minimum absolute atomic E-state index is 0.204. The molecule has 0 bridgehead atoms. The highest BCUT2D eigenvalue weighted by atomic mass is 19.1. The Hall–Kier alpha value is -3.02. The van der Waals surface area contributed by atoms with Crippen LogP contribution in [0.3, 0.4) is 0 Å². The average Bonchev–Trinajstić information content (AvgIpc) is 2.46. The molecule has 0 saturated carbocycles. The van der Waals surface area contributed by atoms with Gasteiger partial charge in [-0.3, -0.25) is 14.9 Å². The maximum Gasteiger partial charge on any atom is 0.270 e. The van der Waals surface area contributed by atoms with Crippen LogP contribution in [0.5, 0.6) is 5.75 Å². The quantitative estimate of drug-likeness (QED) is 0.405. The third kappa shape index (κ3) is 3.30. The van der Waals surface area contributed by atoms with Crippen LogP contribution in [0, 0.1) is 15.9 Å². The van der Waals surface area contributed by atoms with E-state index in [9.17, 15) is 24.4 Å². The van der Waals surface area contributed by atoms with E-state index in [4.69, 9.17) is 0 Å². The minimum Gasteiger partial charge on any atom is -0.507 e. The number of nitro groups is 1. The van der Waals surface area contributed by atoms with Crippen LogP contribution in [0.4, 0.5) is 10.1 Å². The smallest absolute Gasteiger partial charge is 0.270 e. The number of carbonyl (C=O) groups excluding carboxylic acids is 1. The fraction of sp³-hybridized carbons (Fsp3) is 0. The molecule has 106 valence electrons. The number of phenolic OH excluding ortho intramolecular Hbond substituents is 1. The second kappa shape index (κ2) is 5.96. The summed E-state index contributed by atoms with van der Waals surface area (Å²) in [5.74, 6) is -1.52. The van der Waals surface area contributed by atoms with E-state index in [2.05, 4.69) is 0 Å². The number of hydrogen-bond acceptors (Lipinski definition) is 4. The van der Waals surface area contributed by atoms with E-state index in [1.807, 2.05) is 0 Å². The molecule has 2 rings (SSSR count). The summed E-state index contributed by atoms with van der Waals surface area (Å²) >= 11 is 0. The van der Waals surface area contributed by atoms with Gasteiger partial charge in [0.2, 0.25) is 0 Å². The summed E-state index contributed by atoms with van der Waals surface area (Å²) in [5.41, 5.74) is -0.317. The lowest BCUT2D eigenvalue weighted by molar-refractivity contribution is -0.384. The van der Waals surface area contributed by atoms with Gasteiger partial charge < -0.3 is 5.11 Å². The number of carbonyl (C=O) groups is 1. The number of non-ortho nitro benzene ring substituents is 1. The predicted octanol–water partition coefficient (Wildman–Crippen LogP) is 3.34. The molecule has 0 spiro atoms. The molecule has 21 heavy (non-hydrogen) atoms. The molecule has 0 unspecified atom stereocenters. The van der Waals surface area contributed by atoms with Crippen LogP contribution in [-0.2, 0) is 0 Å². The number of rotatable bonds is 4. The average molecular weight is 287 g/mol. The predicted molar refractivity (Wildman–Crippen MR) is 74.5 cm³/mol. The van der Waals surface area contributed by atoms with Gasteiger partial charge in [-0.15, -0.1) is 0 Å². The summed E-state index contributed by atoms with van der Waals surface area (Å²) in [7, 11) is 0. The van der Waals surface area contributed by atoms with Gasteiger partial charge in [-0.1, -0.05) is 18.2 Å². The lowest BCUT2D eigenvalue weighted by Crippen LogP contribution is -1.97. The summed E-state index contributed by atoms with van der Waals surface area (Å²) in [4.78, 5) is 21.9. The molecule has 0 fully saturated rings. The van der Waals surface area contributed by atoms with Gasteiger partial charge in [0.1, 0.15) is 11.6 Å². The van der Waals surface area contributed by atoms with Crippen molar-refractivity contribution in [2.24, 2.45) is 0 Å². The van der Waals surface area contributed by atoms with Gasteiger partial charge in [0, 0.05) is 17.7 Å². The van der Waals surface area contributed by atoms with Crippen LogP contribution in [0.1, 0.15) is 15.9 Å². The van der Waals surface area contributed by atoms with Gasteiger partial charge in [-0.2, -0.15) is 0 Å². The molecule has 0 aliphatic heterocycles. The maximum atomic E-state index is 13.4. The number of phenols is 1. The first-order valence-corrected chi connectivity index (χ1v) is 5.93. The molecule has 0 heterocycles. The Kier molecular flexibility index (Phi) is 4.08. The van der Waals surface area contributed by atoms with E-state index in [0.29, 0.717) is 0 Å². The number of benzene rings is 2. The summed E-state index contributed by atoms with van der Waals surface area (Å²) in [6.07, 6.45) is 2.30. The zero-order valence-electron chi connectivity index (χ0n) is 10.7. The molecule has 2 aromatic carbocycles. The number of ketones is 1. The Morgan fingerprint density at radius 1 is 1.24 bits per heavy atom. The van der Waals surface area contributed by atoms with Gasteiger partial charge in [-0.05, 0) is 24.3 Å². The van der Waals surface area contributed by atoms with Crippen LogP contribution >= 0.6 is 0 Å². The first-order chi connectivity index (χ1) is 9.99. The van der Waals surface area contributed by atoms with Crippen LogP contribution in [0.25, 0.3) is 6.08 Å². The molecule has 2 aromatic rings. The molecule has 0 aliphatic rings. The van der Waals surface area contributed by atoms with Crippen molar-refractivity contribution in [3.63, 3.8) is 0 Å². The van der Waals surface area contributed by atoms with Gasteiger partial charge >= 0.3 is 0 Å². The Morgan fingerprint density at radius 3 is 2.62 bits per heavy atom. The van der Waals surface area contributed by atoms with E-state index in [1.54, 1.807) is 6.07 Å². The molecule has 0 aromatic heterocycles. The summed E-state index contributed by atoms with van der Waals surface area (Å²) in [6.45, 7) is 0. The molecule has 0 saturated heterocycles. The highest BCUT2D eigenvalue weighted by Crippen LogP contribution is 2.24. The standard InChI is InChI=1S/C15H10FNO4/c16-13-4-2-1-3-10(13)5-7-14(18)12-9-11(17(20)21)6-8-15(12)19/h1-9,19H/b7-5+. The fourth-order valence-electron chi connectivity index (χ4n) is 1.70. The second-order valence-electron chi connectivity index (χ2n) is 4.18. The Balaban J connectivity index is 2.31. The fourth-order valence-corrected chi connectivity index (χ4v) is 1.70. The first-order valence-electron chi connectivity index (χ1n) is 5.93. The molecule has 6 heteroatoms. The van der Waals surface area contributed by atoms with Crippen molar-refractivity contribution in [1.82, 2.24) is 0 Å². The normalized spacial score (nSPS) is 10.7. The maximum absolute atomic E-state index is 13.4. The van der Waals surface area contributed by atoms with Crippen LogP contribution < -0.4 is 0 Å². The van der Waals surface area contributed by atoms with Gasteiger partial charge in [0.15, 0.2) is 5.78 Å². The molecule has 0 atom stereocenters. The van der Waals surface area contributed by atoms with Crippen molar-refractivity contribution in [3.05, 3.63) is 75.6 Å². The summed E-state index contributed by atoms with van der Waals surface area (Å²) in [5, 5.41) is 20.2. The third-order valence-corrected chi connectivity index (χ3v) is 2.78. The minimum atomic E-state index is -0.670. The lowest BCUT2D eigenvalue weighted by Gasteiger charge is -2.00. The molecule has 5 nitrogen and oxygen atoms in total. The van der Waals surface area contributed by atoms with E-state index >= 15 is 0 Å². The van der Waals surface area contributed by atoms with Crippen LogP contribution in [0.15, 0.2) is 48.5 Å². The largest absolute Gasteiger partial charge is 0.507 e. The lowest BCUT2D eigenvalue weighted by atomic mass is 10.1. The molecule has 0 radical (unpaired) electrons. The SMILES string of the molecule is O=C(/C=C/c1ccccc1F)c1cc([N+](=O)[O-])ccc1O. The van der Waals surface area contributed by atoms with Crippen LogP contribution in [-0.4, -0.2) is 15.8 Å². The van der Waals surface area contributed by atoms with E-state index in [1.165, 1.54) is 24.3 Å². The highest BCUT2D eigenvalue weighted by molar-refractivity contribution is 6.08. The van der Waals surface area contributed by atoms with Crippen molar-refractivity contribution in [2.75, 3.05) is 0 Å². The van der Waals surface area contributed by atoms with Gasteiger partial charge in [0.25, 0.3) is 5.69 Å². The van der Waals surface area contributed by atoms with Crippen molar-refractivity contribution in [1.29, 1.82) is 0 Å². The Morgan fingerprint density at radius 2 is 1.95 bits per heavy atom. The van der Waals surface area contributed by atoms with E-state index < -0.39 is 16.5 Å². The number of allylic oxidation sites excluding steroid dienone is 1. The second-order valence-corrected chi connectivity index (χ2v) is 4.18. The van der Waals surface area contributed by atoms with E-state index in [0.717, 1.165) is 24.3 Å². The monoisotopic (exact) mass is 287 g/mol. The molecular formula is C15H10FNO4. The van der Waals surface area contributed by atoms with Crippen molar-refractivity contribution in [2.45, 2.75) is 0 Å². The summed E-state index contributed by atoms with van der Waals surface area (Å²) in [6, 6.07) is 8.98. The van der Waals surface area contributed by atoms with Crippen molar-refractivity contribution < 1.29 is 19.2 Å². The topological polar surface area (TPSA) is 80.4 Å². The van der Waals surface area contributed by atoms with Crippen molar-refractivity contribution in [3.8, 4) is 5.75 Å². The number of nitro benzene ring substituents is 1. The van der Waals surface area contributed by atoms with Gasteiger partial charge in [0.05, 0.1) is 10.5 Å². The molecular weight excluding hydrogens is 277 g/mol. The Bertz CT molecular complexity index is 740. The number of aromatic hydroxyl groups is 1. The van der Waals surface area contributed by atoms with Crippen molar-refractivity contribution >= 4 is 17.5 Å². The van der Waals surface area contributed by atoms with Crippen LogP contribution in [0.2, 0.25) is 0 Å².